The Morgan fingerprint density at radius 3 is 2.70 bits per heavy atom. The molecule has 2 saturated heterocycles. The number of methoxy groups -OCH3 is 1. The van der Waals surface area contributed by atoms with E-state index in [-0.39, 0.29) is 17.3 Å². The highest BCUT2D eigenvalue weighted by atomic mass is 16.5. The molecular weight excluding hydrogens is 296 g/mol. The monoisotopic (exact) mass is 320 g/mol. The number of ether oxygens (including phenoxy) is 2. The minimum Gasteiger partial charge on any atom is -0.504 e. The number of nitrogens with zero attached hydrogens (tertiary/aromatic N) is 2. The molecule has 1 spiro atoms. The van der Waals surface area contributed by atoms with Crippen molar-refractivity contribution < 1.29 is 19.4 Å². The van der Waals surface area contributed by atoms with Crippen LogP contribution in [0, 0.1) is 0 Å². The molecule has 0 saturated carbocycles. The molecule has 0 atom stereocenters. The Morgan fingerprint density at radius 2 is 2.04 bits per heavy atom. The van der Waals surface area contributed by atoms with Crippen molar-refractivity contribution in [2.75, 3.05) is 46.9 Å². The first kappa shape index (κ1) is 16.1. The molecule has 0 bridgehead atoms. The molecule has 3 rings (SSSR count). The number of phenolic OH excluding ortho intramolecular Hbond substituents is 1. The van der Waals surface area contributed by atoms with Crippen molar-refractivity contribution in [3.63, 3.8) is 0 Å². The van der Waals surface area contributed by atoms with Crippen LogP contribution in [0.2, 0.25) is 0 Å². The summed E-state index contributed by atoms with van der Waals surface area (Å²) in [5.41, 5.74) is 0.267. The quantitative estimate of drug-likeness (QED) is 0.891. The van der Waals surface area contributed by atoms with E-state index >= 15 is 0 Å². The highest BCUT2D eigenvalue weighted by molar-refractivity contribution is 5.95. The van der Waals surface area contributed by atoms with Gasteiger partial charge in [-0.15, -0.1) is 0 Å². The molecule has 0 radical (unpaired) electrons. The van der Waals surface area contributed by atoms with Gasteiger partial charge >= 0.3 is 0 Å². The third-order valence-electron chi connectivity index (χ3n) is 4.86. The molecule has 6 nitrogen and oxygen atoms in total. The van der Waals surface area contributed by atoms with Gasteiger partial charge in [-0.3, -0.25) is 4.79 Å². The number of aromatic hydroxyl groups is 1. The Labute approximate surface area is 136 Å². The number of carbonyl (C=O) groups is 1. The number of morpholine rings is 1. The Hall–Kier alpha value is -1.79. The van der Waals surface area contributed by atoms with Crippen LogP contribution in [0.5, 0.6) is 11.5 Å². The molecule has 1 amide bonds. The van der Waals surface area contributed by atoms with Gasteiger partial charge in [0.15, 0.2) is 11.5 Å². The lowest BCUT2D eigenvalue weighted by Gasteiger charge is -2.46. The molecule has 2 fully saturated rings. The van der Waals surface area contributed by atoms with Crippen LogP contribution in [0.1, 0.15) is 23.2 Å². The minimum absolute atomic E-state index is 0.0133. The lowest BCUT2D eigenvalue weighted by atomic mass is 9.89. The van der Waals surface area contributed by atoms with Gasteiger partial charge in [0.05, 0.1) is 25.9 Å². The Bertz CT molecular complexity index is 582. The van der Waals surface area contributed by atoms with Crippen LogP contribution in [0.15, 0.2) is 18.2 Å². The zero-order valence-corrected chi connectivity index (χ0v) is 13.7. The number of hydrogen-bond acceptors (Lipinski definition) is 5. The first-order valence-electron chi connectivity index (χ1n) is 8.02. The number of phenols is 1. The van der Waals surface area contributed by atoms with Gasteiger partial charge in [-0.05, 0) is 38.1 Å². The topological polar surface area (TPSA) is 62.2 Å². The number of amides is 1. The van der Waals surface area contributed by atoms with Gasteiger partial charge < -0.3 is 24.4 Å². The number of piperidine rings is 1. The van der Waals surface area contributed by atoms with E-state index in [2.05, 4.69) is 11.9 Å². The molecule has 1 aromatic rings. The van der Waals surface area contributed by atoms with E-state index in [1.165, 1.54) is 13.2 Å². The molecule has 1 N–H and O–H groups in total. The number of rotatable bonds is 2. The largest absolute Gasteiger partial charge is 0.504 e. The fourth-order valence-corrected chi connectivity index (χ4v) is 3.35. The average Bonchev–Trinajstić information content (AvgIpc) is 2.57. The maximum Gasteiger partial charge on any atom is 0.254 e. The standard InChI is InChI=1S/C17H24N2O4/c1-18-7-5-17(6-8-18)12-19(9-10-23-17)16(21)13-3-4-15(22-2)14(20)11-13/h3-4,11,20H,5-10,12H2,1-2H3. The summed E-state index contributed by atoms with van der Waals surface area (Å²) in [4.78, 5) is 16.9. The molecule has 2 aliphatic rings. The van der Waals surface area contributed by atoms with Crippen LogP contribution in [-0.2, 0) is 4.74 Å². The second-order valence-electron chi connectivity index (χ2n) is 6.45. The van der Waals surface area contributed by atoms with Crippen LogP contribution >= 0.6 is 0 Å². The van der Waals surface area contributed by atoms with E-state index in [1.54, 1.807) is 12.1 Å². The van der Waals surface area contributed by atoms with Gasteiger partial charge in [-0.2, -0.15) is 0 Å². The SMILES string of the molecule is COc1ccc(C(=O)N2CCOC3(CCN(C)CC3)C2)cc1O. The summed E-state index contributed by atoms with van der Waals surface area (Å²) in [6.45, 7) is 3.75. The highest BCUT2D eigenvalue weighted by Gasteiger charge is 2.40. The van der Waals surface area contributed by atoms with E-state index in [0.29, 0.717) is 31.0 Å². The Kier molecular flexibility index (Phi) is 4.46. The molecule has 1 aromatic carbocycles. The lowest BCUT2D eigenvalue weighted by molar-refractivity contribution is -0.125. The van der Waals surface area contributed by atoms with Crippen LogP contribution in [-0.4, -0.2) is 73.4 Å². The predicted octanol–water partition coefficient (Wildman–Crippen LogP) is 1.34. The number of carbonyl (C=O) groups excluding carboxylic acids is 1. The Morgan fingerprint density at radius 1 is 1.30 bits per heavy atom. The molecule has 0 unspecified atom stereocenters. The number of likely N-dealkylation sites (tertiary alicyclic amines) is 1. The van der Waals surface area contributed by atoms with Gasteiger partial charge in [-0.1, -0.05) is 0 Å². The van der Waals surface area contributed by atoms with Crippen molar-refractivity contribution in [1.82, 2.24) is 9.80 Å². The van der Waals surface area contributed by atoms with Gasteiger partial charge in [0.1, 0.15) is 0 Å². The summed E-state index contributed by atoms with van der Waals surface area (Å²) < 4.78 is 11.1. The molecule has 2 aliphatic heterocycles. The molecule has 0 aromatic heterocycles. The lowest BCUT2D eigenvalue weighted by Crippen LogP contribution is -2.57. The van der Waals surface area contributed by atoms with E-state index in [0.717, 1.165) is 25.9 Å². The summed E-state index contributed by atoms with van der Waals surface area (Å²) in [6.07, 6.45) is 1.89. The molecule has 23 heavy (non-hydrogen) atoms. The summed E-state index contributed by atoms with van der Waals surface area (Å²) in [6, 6.07) is 4.78. The van der Waals surface area contributed by atoms with Crippen LogP contribution in [0.3, 0.4) is 0 Å². The van der Waals surface area contributed by atoms with Crippen molar-refractivity contribution in [3.8, 4) is 11.5 Å². The summed E-state index contributed by atoms with van der Waals surface area (Å²) in [5.74, 6) is 0.292. The maximum absolute atomic E-state index is 12.7. The zero-order valence-electron chi connectivity index (χ0n) is 13.7. The van der Waals surface area contributed by atoms with Crippen molar-refractivity contribution >= 4 is 5.91 Å². The van der Waals surface area contributed by atoms with Crippen molar-refractivity contribution in [3.05, 3.63) is 23.8 Å². The average molecular weight is 320 g/mol. The summed E-state index contributed by atoms with van der Waals surface area (Å²) in [7, 11) is 3.60. The second kappa shape index (κ2) is 6.37. The van der Waals surface area contributed by atoms with Crippen molar-refractivity contribution in [2.24, 2.45) is 0 Å². The van der Waals surface area contributed by atoms with E-state index in [1.807, 2.05) is 4.90 Å². The van der Waals surface area contributed by atoms with Crippen LogP contribution in [0.4, 0.5) is 0 Å². The molecular formula is C17H24N2O4. The third-order valence-corrected chi connectivity index (χ3v) is 4.86. The summed E-state index contributed by atoms with van der Waals surface area (Å²) in [5, 5.41) is 9.88. The number of hydrogen-bond donors (Lipinski definition) is 1. The number of benzene rings is 1. The van der Waals surface area contributed by atoms with Gasteiger partial charge in [0.2, 0.25) is 0 Å². The van der Waals surface area contributed by atoms with E-state index in [9.17, 15) is 9.90 Å². The fourth-order valence-electron chi connectivity index (χ4n) is 3.35. The van der Waals surface area contributed by atoms with Gasteiger partial charge in [0.25, 0.3) is 5.91 Å². The molecule has 6 heteroatoms. The first-order valence-corrected chi connectivity index (χ1v) is 8.02. The third kappa shape index (κ3) is 3.28. The van der Waals surface area contributed by atoms with Crippen LogP contribution in [0.25, 0.3) is 0 Å². The first-order chi connectivity index (χ1) is 11.0. The van der Waals surface area contributed by atoms with E-state index in [4.69, 9.17) is 9.47 Å². The Balaban J connectivity index is 1.73. The highest BCUT2D eigenvalue weighted by Crippen LogP contribution is 2.31. The normalized spacial score (nSPS) is 21.4. The van der Waals surface area contributed by atoms with Gasteiger partial charge in [0, 0.05) is 25.2 Å². The molecule has 0 aliphatic carbocycles. The van der Waals surface area contributed by atoms with Crippen molar-refractivity contribution in [1.29, 1.82) is 0 Å². The van der Waals surface area contributed by atoms with Gasteiger partial charge in [-0.25, -0.2) is 0 Å². The van der Waals surface area contributed by atoms with E-state index < -0.39 is 0 Å². The molecule has 126 valence electrons. The maximum atomic E-state index is 12.7. The fraction of sp³-hybridized carbons (Fsp3) is 0.588. The zero-order chi connectivity index (χ0) is 16.4. The second-order valence-corrected chi connectivity index (χ2v) is 6.45. The predicted molar refractivity (Wildman–Crippen MR) is 86.0 cm³/mol. The van der Waals surface area contributed by atoms with Crippen molar-refractivity contribution in [2.45, 2.75) is 18.4 Å². The molecule has 2 heterocycles. The summed E-state index contributed by atoms with van der Waals surface area (Å²) >= 11 is 0. The smallest absolute Gasteiger partial charge is 0.254 e. The minimum atomic E-state index is -0.213. The van der Waals surface area contributed by atoms with Crippen LogP contribution < -0.4 is 4.74 Å².